The Hall–Kier alpha value is -3.16. The molecular formula is C24H24N4O2S. The van der Waals surface area contributed by atoms with E-state index < -0.39 is 6.04 Å². The summed E-state index contributed by atoms with van der Waals surface area (Å²) in [6.45, 7) is 4.96. The Bertz CT molecular complexity index is 1400. The predicted molar refractivity (Wildman–Crippen MR) is 125 cm³/mol. The Balaban J connectivity index is 1.69. The molecule has 0 fully saturated rings. The number of rotatable bonds is 3. The minimum atomic E-state index is -0.461. The second kappa shape index (κ2) is 7.51. The Morgan fingerprint density at radius 3 is 2.58 bits per heavy atom. The van der Waals surface area contributed by atoms with Gasteiger partial charge in [-0.05, 0) is 53.9 Å². The lowest BCUT2D eigenvalue weighted by Crippen LogP contribution is -2.35. The van der Waals surface area contributed by atoms with Gasteiger partial charge in [-0.15, -0.1) is 0 Å². The second-order valence-electron chi connectivity index (χ2n) is 8.28. The van der Waals surface area contributed by atoms with Crippen LogP contribution in [0.2, 0.25) is 0 Å². The highest BCUT2D eigenvalue weighted by Gasteiger charge is 2.30. The van der Waals surface area contributed by atoms with Gasteiger partial charge >= 0.3 is 0 Å². The van der Waals surface area contributed by atoms with E-state index in [0.717, 1.165) is 23.0 Å². The summed E-state index contributed by atoms with van der Waals surface area (Å²) >= 11 is 5.40. The van der Waals surface area contributed by atoms with E-state index in [4.69, 9.17) is 12.2 Å². The molecule has 1 aliphatic rings. The number of H-pyrrole nitrogens is 2. The van der Waals surface area contributed by atoms with Gasteiger partial charge < -0.3 is 15.4 Å². The first-order chi connectivity index (χ1) is 15.0. The number of aromatic nitrogens is 3. The quantitative estimate of drug-likeness (QED) is 0.361. The fourth-order valence-electron chi connectivity index (χ4n) is 4.47. The number of aromatic hydroxyl groups is 1. The van der Waals surface area contributed by atoms with Crippen molar-refractivity contribution >= 4 is 23.1 Å². The lowest BCUT2D eigenvalue weighted by atomic mass is 9.95. The summed E-state index contributed by atoms with van der Waals surface area (Å²) in [4.78, 5) is 19.2. The van der Waals surface area contributed by atoms with Gasteiger partial charge in [-0.2, -0.15) is 0 Å². The van der Waals surface area contributed by atoms with E-state index in [-0.39, 0.29) is 21.8 Å². The first-order valence-corrected chi connectivity index (χ1v) is 10.9. The van der Waals surface area contributed by atoms with Crippen molar-refractivity contribution in [1.29, 1.82) is 0 Å². The molecular weight excluding hydrogens is 408 g/mol. The minimum absolute atomic E-state index is 0.143. The molecule has 2 aromatic heterocycles. The van der Waals surface area contributed by atoms with Crippen molar-refractivity contribution in [2.45, 2.75) is 32.2 Å². The molecule has 0 spiro atoms. The van der Waals surface area contributed by atoms with Crippen molar-refractivity contribution in [2.24, 2.45) is 0 Å². The van der Waals surface area contributed by atoms with E-state index in [1.807, 2.05) is 42.5 Å². The van der Waals surface area contributed by atoms with Gasteiger partial charge in [-0.1, -0.05) is 44.2 Å². The molecule has 7 heteroatoms. The van der Waals surface area contributed by atoms with Crippen LogP contribution in [-0.4, -0.2) is 26.2 Å². The largest absolute Gasteiger partial charge is 0.494 e. The van der Waals surface area contributed by atoms with E-state index in [1.165, 1.54) is 15.7 Å². The summed E-state index contributed by atoms with van der Waals surface area (Å²) in [5, 5.41) is 15.8. The zero-order valence-corrected chi connectivity index (χ0v) is 18.2. The van der Waals surface area contributed by atoms with Gasteiger partial charge in [0.15, 0.2) is 4.77 Å². The van der Waals surface area contributed by atoms with Gasteiger partial charge in [0.2, 0.25) is 5.88 Å². The zero-order chi connectivity index (χ0) is 21.7. The average Bonchev–Trinajstić information content (AvgIpc) is 3.13. The molecule has 0 amide bonds. The molecule has 0 radical (unpaired) electrons. The first-order valence-electron chi connectivity index (χ1n) is 10.5. The highest BCUT2D eigenvalue weighted by molar-refractivity contribution is 7.71. The monoisotopic (exact) mass is 432 g/mol. The molecule has 1 unspecified atom stereocenters. The average molecular weight is 433 g/mol. The van der Waals surface area contributed by atoms with Crippen LogP contribution in [0, 0.1) is 4.77 Å². The molecule has 0 bridgehead atoms. The van der Waals surface area contributed by atoms with E-state index in [0.29, 0.717) is 18.2 Å². The summed E-state index contributed by atoms with van der Waals surface area (Å²) in [6.07, 6.45) is 0.851. The van der Waals surface area contributed by atoms with Gasteiger partial charge in [0, 0.05) is 23.1 Å². The maximum Gasteiger partial charge on any atom is 0.260 e. The Labute approximate surface area is 184 Å². The molecule has 4 aromatic rings. The van der Waals surface area contributed by atoms with E-state index in [2.05, 4.69) is 35.2 Å². The number of hydrogen-bond donors (Lipinski definition) is 4. The molecule has 0 saturated carbocycles. The van der Waals surface area contributed by atoms with Gasteiger partial charge in [0.1, 0.15) is 5.56 Å². The van der Waals surface area contributed by atoms with Crippen LogP contribution in [-0.2, 0) is 6.42 Å². The van der Waals surface area contributed by atoms with Crippen LogP contribution in [0.1, 0.15) is 48.2 Å². The Kier molecular flexibility index (Phi) is 4.79. The van der Waals surface area contributed by atoms with Crippen molar-refractivity contribution in [1.82, 2.24) is 19.9 Å². The summed E-state index contributed by atoms with van der Waals surface area (Å²) < 4.78 is 1.69. The summed E-state index contributed by atoms with van der Waals surface area (Å²) in [6, 6.07) is 15.5. The number of aromatic amines is 2. The number of benzene rings is 2. The van der Waals surface area contributed by atoms with Crippen LogP contribution in [0.3, 0.4) is 0 Å². The SMILES string of the molecule is CC(C)c1ccc(-n2c(O)c(C3NCCc4c3[nH]c3ccccc43)c(=O)[nH]c2=S)cc1. The molecule has 158 valence electrons. The maximum atomic E-state index is 13.0. The number of hydrogen-bond acceptors (Lipinski definition) is 4. The third-order valence-electron chi connectivity index (χ3n) is 6.09. The van der Waals surface area contributed by atoms with Gasteiger partial charge in [0.25, 0.3) is 5.56 Å². The van der Waals surface area contributed by atoms with Crippen LogP contribution >= 0.6 is 12.2 Å². The smallest absolute Gasteiger partial charge is 0.260 e. The fraction of sp³-hybridized carbons (Fsp3) is 0.250. The summed E-state index contributed by atoms with van der Waals surface area (Å²) in [5.74, 6) is 0.253. The third kappa shape index (κ3) is 3.21. The zero-order valence-electron chi connectivity index (χ0n) is 17.4. The molecule has 3 heterocycles. The van der Waals surface area contributed by atoms with Crippen LogP contribution in [0.25, 0.3) is 16.6 Å². The van der Waals surface area contributed by atoms with Crippen LogP contribution < -0.4 is 10.9 Å². The fourth-order valence-corrected chi connectivity index (χ4v) is 4.76. The lowest BCUT2D eigenvalue weighted by Gasteiger charge is -2.25. The van der Waals surface area contributed by atoms with Crippen LogP contribution in [0.15, 0.2) is 53.3 Å². The Morgan fingerprint density at radius 2 is 1.84 bits per heavy atom. The first kappa shape index (κ1) is 19.8. The molecule has 6 nitrogen and oxygen atoms in total. The van der Waals surface area contributed by atoms with Gasteiger partial charge in [-0.3, -0.25) is 14.3 Å². The second-order valence-corrected chi connectivity index (χ2v) is 8.66. The number of nitrogens with zero attached hydrogens (tertiary/aromatic N) is 1. The van der Waals surface area contributed by atoms with E-state index in [9.17, 15) is 9.90 Å². The molecule has 2 aromatic carbocycles. The van der Waals surface area contributed by atoms with Gasteiger partial charge in [-0.25, -0.2) is 0 Å². The van der Waals surface area contributed by atoms with Crippen LogP contribution in [0.5, 0.6) is 5.88 Å². The van der Waals surface area contributed by atoms with Crippen molar-refractivity contribution < 1.29 is 5.11 Å². The van der Waals surface area contributed by atoms with E-state index >= 15 is 0 Å². The molecule has 5 rings (SSSR count). The van der Waals surface area contributed by atoms with Crippen LogP contribution in [0.4, 0.5) is 0 Å². The summed E-state index contributed by atoms with van der Waals surface area (Å²) in [7, 11) is 0. The standard InChI is InChI=1S/C24H24N4O2S/c1-13(2)14-7-9-15(10-8-14)28-23(30)19(22(29)27-24(28)31)21-20-17(11-12-25-21)16-5-3-4-6-18(16)26-20/h3-10,13,21,25-26,30H,11-12H2,1-2H3,(H,27,29,31). The molecule has 0 aliphatic carbocycles. The molecule has 31 heavy (non-hydrogen) atoms. The number of nitrogens with one attached hydrogen (secondary N) is 3. The van der Waals surface area contributed by atoms with Crippen molar-refractivity contribution in [3.05, 3.63) is 86.0 Å². The third-order valence-corrected chi connectivity index (χ3v) is 6.37. The minimum Gasteiger partial charge on any atom is -0.494 e. The van der Waals surface area contributed by atoms with Crippen molar-refractivity contribution in [3.8, 4) is 11.6 Å². The highest BCUT2D eigenvalue weighted by Crippen LogP contribution is 2.35. The Morgan fingerprint density at radius 1 is 1.10 bits per heavy atom. The van der Waals surface area contributed by atoms with Crippen molar-refractivity contribution in [3.63, 3.8) is 0 Å². The molecule has 4 N–H and O–H groups in total. The topological polar surface area (TPSA) is 85.8 Å². The highest BCUT2D eigenvalue weighted by atomic mass is 32.1. The molecule has 1 aliphatic heterocycles. The van der Waals surface area contributed by atoms with Gasteiger partial charge in [0.05, 0.1) is 11.7 Å². The van der Waals surface area contributed by atoms with Crippen molar-refractivity contribution in [2.75, 3.05) is 6.54 Å². The number of fused-ring (bicyclic) bond motifs is 3. The predicted octanol–water partition coefficient (Wildman–Crippen LogP) is 4.44. The number of para-hydroxylation sites is 1. The molecule has 0 saturated heterocycles. The normalized spacial score (nSPS) is 16.0. The van der Waals surface area contributed by atoms with E-state index in [1.54, 1.807) is 0 Å². The summed E-state index contributed by atoms with van der Waals surface area (Å²) in [5.41, 5.74) is 4.87. The molecule has 1 atom stereocenters. The lowest BCUT2D eigenvalue weighted by molar-refractivity contribution is 0.412. The maximum absolute atomic E-state index is 13.0.